The molecule has 6 heteroatoms. The molecule has 0 spiro atoms. The maximum Gasteiger partial charge on any atom is 0.282 e. The Morgan fingerprint density at radius 2 is 1.81 bits per heavy atom. The summed E-state index contributed by atoms with van der Waals surface area (Å²) in [7, 11) is -3.36. The summed E-state index contributed by atoms with van der Waals surface area (Å²) in [5.74, 6) is 1.38. The molecule has 21 heavy (non-hydrogen) atoms. The van der Waals surface area contributed by atoms with Gasteiger partial charge in [0.2, 0.25) is 0 Å². The minimum Gasteiger partial charge on any atom is -0.468 e. The quantitative estimate of drug-likeness (QED) is 0.859. The van der Waals surface area contributed by atoms with Crippen molar-refractivity contribution in [3.63, 3.8) is 0 Å². The molecule has 4 rings (SSSR count). The van der Waals surface area contributed by atoms with Crippen LogP contribution >= 0.6 is 0 Å². The molecule has 1 aromatic rings. The van der Waals surface area contributed by atoms with E-state index in [1.807, 2.05) is 12.1 Å². The smallest absolute Gasteiger partial charge is 0.282 e. The fourth-order valence-corrected chi connectivity index (χ4v) is 6.06. The lowest BCUT2D eigenvalue weighted by Crippen LogP contribution is -2.46. The summed E-state index contributed by atoms with van der Waals surface area (Å²) < 4.78 is 35.1. The van der Waals surface area contributed by atoms with Crippen molar-refractivity contribution in [2.45, 2.75) is 50.6 Å². The molecule has 2 atom stereocenters. The van der Waals surface area contributed by atoms with Crippen LogP contribution in [0.15, 0.2) is 22.8 Å². The molecule has 0 aromatic carbocycles. The van der Waals surface area contributed by atoms with Crippen LogP contribution in [0.1, 0.15) is 50.3 Å². The van der Waals surface area contributed by atoms with Crippen LogP contribution in [0.3, 0.4) is 0 Å². The second kappa shape index (κ2) is 5.11. The van der Waals surface area contributed by atoms with Crippen LogP contribution in [0.4, 0.5) is 0 Å². The Hall–Kier alpha value is -0.850. The summed E-state index contributed by atoms with van der Waals surface area (Å²) in [4.78, 5) is 0. The molecule has 2 saturated heterocycles. The number of hydrogen-bond acceptors (Lipinski definition) is 3. The summed E-state index contributed by atoms with van der Waals surface area (Å²) in [6.07, 6.45) is 7.81. The largest absolute Gasteiger partial charge is 0.468 e. The van der Waals surface area contributed by atoms with Gasteiger partial charge in [0.05, 0.1) is 12.3 Å². The molecule has 3 heterocycles. The molecule has 5 nitrogen and oxygen atoms in total. The zero-order valence-corrected chi connectivity index (χ0v) is 13.0. The number of furan rings is 1. The van der Waals surface area contributed by atoms with Gasteiger partial charge >= 0.3 is 0 Å². The van der Waals surface area contributed by atoms with Gasteiger partial charge in [-0.3, -0.25) is 0 Å². The molecule has 1 saturated carbocycles. The van der Waals surface area contributed by atoms with E-state index in [-0.39, 0.29) is 12.1 Å². The highest BCUT2D eigenvalue weighted by Gasteiger charge is 2.47. The lowest BCUT2D eigenvalue weighted by atomic mass is 10.1. The van der Waals surface area contributed by atoms with Crippen LogP contribution in [0.25, 0.3) is 0 Å². The Kier molecular flexibility index (Phi) is 3.35. The standard InChI is InChI=1S/C15H22N2O3S/c18-21(19,16-9-1-4-13(16)12-7-8-12)17-10-2-5-14(17)15-6-3-11-20-15/h3,6,11-14H,1-2,4-5,7-10H2/t13-,14+/m0/s1. The van der Waals surface area contributed by atoms with E-state index in [9.17, 15) is 8.42 Å². The van der Waals surface area contributed by atoms with Crippen molar-refractivity contribution in [2.24, 2.45) is 5.92 Å². The van der Waals surface area contributed by atoms with Gasteiger partial charge in [0.1, 0.15) is 5.76 Å². The molecule has 0 bridgehead atoms. The highest BCUT2D eigenvalue weighted by molar-refractivity contribution is 7.86. The molecule has 0 radical (unpaired) electrons. The van der Waals surface area contributed by atoms with Gasteiger partial charge in [0.15, 0.2) is 0 Å². The van der Waals surface area contributed by atoms with E-state index in [1.54, 1.807) is 14.9 Å². The van der Waals surface area contributed by atoms with E-state index in [4.69, 9.17) is 4.42 Å². The molecule has 0 amide bonds. The predicted octanol–water partition coefficient (Wildman–Crippen LogP) is 2.54. The van der Waals surface area contributed by atoms with Gasteiger partial charge in [-0.1, -0.05) is 0 Å². The minimum absolute atomic E-state index is 0.120. The first-order valence-corrected chi connectivity index (χ1v) is 9.39. The van der Waals surface area contributed by atoms with E-state index in [2.05, 4.69) is 0 Å². The summed E-state index contributed by atoms with van der Waals surface area (Å²) in [6, 6.07) is 3.85. The molecule has 3 aliphatic rings. The Bertz CT molecular complexity index is 594. The Morgan fingerprint density at radius 3 is 2.52 bits per heavy atom. The Balaban J connectivity index is 1.61. The fraction of sp³-hybridized carbons (Fsp3) is 0.733. The molecule has 116 valence electrons. The van der Waals surface area contributed by atoms with Gasteiger partial charge < -0.3 is 4.42 Å². The number of rotatable bonds is 4. The average Bonchev–Trinajstić information content (AvgIpc) is 2.98. The number of hydrogen-bond donors (Lipinski definition) is 0. The molecule has 0 unspecified atom stereocenters. The summed E-state index contributed by atoms with van der Waals surface area (Å²) in [5, 5.41) is 0. The number of nitrogens with zero attached hydrogens (tertiary/aromatic N) is 2. The van der Waals surface area contributed by atoms with Gasteiger partial charge in [-0.2, -0.15) is 17.0 Å². The molecule has 0 N–H and O–H groups in total. The van der Waals surface area contributed by atoms with Gasteiger partial charge in [0, 0.05) is 19.1 Å². The Morgan fingerprint density at radius 1 is 1.05 bits per heavy atom. The highest BCUT2D eigenvalue weighted by Crippen LogP contribution is 2.43. The normalized spacial score (nSPS) is 32.0. The van der Waals surface area contributed by atoms with Crippen molar-refractivity contribution in [1.82, 2.24) is 8.61 Å². The first kappa shape index (κ1) is 13.8. The van der Waals surface area contributed by atoms with Crippen molar-refractivity contribution in [2.75, 3.05) is 13.1 Å². The molecule has 3 fully saturated rings. The highest BCUT2D eigenvalue weighted by atomic mass is 32.2. The van der Waals surface area contributed by atoms with Gasteiger partial charge in [-0.05, 0) is 56.6 Å². The van der Waals surface area contributed by atoms with E-state index in [0.29, 0.717) is 19.0 Å². The third-order valence-electron chi connectivity index (χ3n) is 5.08. The molecule has 1 aromatic heterocycles. The maximum absolute atomic E-state index is 13.1. The van der Waals surface area contributed by atoms with Crippen LogP contribution in [-0.2, 0) is 10.2 Å². The zero-order valence-electron chi connectivity index (χ0n) is 12.1. The minimum atomic E-state index is -3.36. The summed E-state index contributed by atoms with van der Waals surface area (Å²) >= 11 is 0. The Labute approximate surface area is 126 Å². The first-order chi connectivity index (χ1) is 10.2. The first-order valence-electron chi connectivity index (χ1n) is 8.00. The van der Waals surface area contributed by atoms with E-state index < -0.39 is 10.2 Å². The molecular weight excluding hydrogens is 288 g/mol. The van der Waals surface area contributed by atoms with Crippen LogP contribution in [0.5, 0.6) is 0 Å². The van der Waals surface area contributed by atoms with Crippen LogP contribution in [-0.4, -0.2) is 36.2 Å². The van der Waals surface area contributed by atoms with E-state index in [1.165, 1.54) is 12.8 Å². The summed E-state index contributed by atoms with van der Waals surface area (Å²) in [5.41, 5.74) is 0. The average molecular weight is 310 g/mol. The lowest BCUT2D eigenvalue weighted by molar-refractivity contribution is 0.284. The van der Waals surface area contributed by atoms with Crippen molar-refractivity contribution in [3.05, 3.63) is 24.2 Å². The molecular formula is C15H22N2O3S. The van der Waals surface area contributed by atoms with Crippen LogP contribution in [0, 0.1) is 5.92 Å². The second-order valence-electron chi connectivity index (χ2n) is 6.45. The van der Waals surface area contributed by atoms with Crippen LogP contribution < -0.4 is 0 Å². The predicted molar refractivity (Wildman–Crippen MR) is 78.8 cm³/mol. The monoisotopic (exact) mass is 310 g/mol. The second-order valence-corrected chi connectivity index (χ2v) is 8.28. The van der Waals surface area contributed by atoms with Crippen molar-refractivity contribution < 1.29 is 12.8 Å². The maximum atomic E-state index is 13.1. The topological polar surface area (TPSA) is 53.8 Å². The summed E-state index contributed by atoms with van der Waals surface area (Å²) in [6.45, 7) is 1.30. The third kappa shape index (κ3) is 2.33. The van der Waals surface area contributed by atoms with E-state index >= 15 is 0 Å². The van der Waals surface area contributed by atoms with Crippen LogP contribution in [0.2, 0.25) is 0 Å². The fourth-order valence-electron chi connectivity index (χ4n) is 3.92. The van der Waals surface area contributed by atoms with Gasteiger partial charge in [-0.25, -0.2) is 0 Å². The van der Waals surface area contributed by atoms with Gasteiger partial charge in [-0.15, -0.1) is 0 Å². The van der Waals surface area contributed by atoms with Crippen molar-refractivity contribution >= 4 is 10.2 Å². The molecule has 1 aliphatic carbocycles. The van der Waals surface area contributed by atoms with Crippen molar-refractivity contribution in [1.29, 1.82) is 0 Å². The van der Waals surface area contributed by atoms with E-state index in [0.717, 1.165) is 31.4 Å². The molecule has 2 aliphatic heterocycles. The van der Waals surface area contributed by atoms with Crippen molar-refractivity contribution in [3.8, 4) is 0 Å². The lowest BCUT2D eigenvalue weighted by Gasteiger charge is -2.31. The van der Waals surface area contributed by atoms with Gasteiger partial charge in [0.25, 0.3) is 10.2 Å². The SMILES string of the molecule is O=S(=O)(N1CCC[C@@H]1c1ccco1)N1CCC[C@H]1C1CC1. The third-order valence-corrected chi connectivity index (χ3v) is 7.16. The zero-order chi connectivity index (χ0) is 14.4.